The van der Waals surface area contributed by atoms with Crippen molar-refractivity contribution in [1.29, 1.82) is 0 Å². The average Bonchev–Trinajstić information content (AvgIpc) is 2.33. The molecule has 100 valence electrons. The van der Waals surface area contributed by atoms with Gasteiger partial charge in [-0.15, -0.1) is 0 Å². The molecule has 0 saturated carbocycles. The molecule has 5 nitrogen and oxygen atoms in total. The number of aliphatic hydroxyl groups excluding tert-OH is 1. The van der Waals surface area contributed by atoms with Gasteiger partial charge in [0.1, 0.15) is 0 Å². The van der Waals surface area contributed by atoms with Crippen LogP contribution in [0.1, 0.15) is 16.8 Å². The first-order chi connectivity index (χ1) is 8.65. The molecule has 0 unspecified atom stereocenters. The molecule has 0 aromatic heterocycles. The number of ether oxygens (including phenoxy) is 1. The summed E-state index contributed by atoms with van der Waals surface area (Å²) in [5.74, 6) is -0.953. The minimum Gasteiger partial charge on any atom is -0.478 e. The van der Waals surface area contributed by atoms with E-state index < -0.39 is 5.97 Å². The van der Waals surface area contributed by atoms with Crippen molar-refractivity contribution in [2.24, 2.45) is 0 Å². The molecule has 0 atom stereocenters. The van der Waals surface area contributed by atoms with E-state index in [1.807, 2.05) is 0 Å². The van der Waals surface area contributed by atoms with E-state index in [4.69, 9.17) is 14.9 Å². The van der Waals surface area contributed by atoms with Gasteiger partial charge >= 0.3 is 5.97 Å². The number of carbonyl (C=O) groups is 1. The van der Waals surface area contributed by atoms with Crippen molar-refractivity contribution in [1.82, 2.24) is 0 Å². The molecule has 0 saturated heterocycles. The van der Waals surface area contributed by atoms with Gasteiger partial charge in [0.15, 0.2) is 0 Å². The van der Waals surface area contributed by atoms with Gasteiger partial charge in [-0.05, 0) is 40.5 Å². The monoisotopic (exact) mass is 317 g/mol. The number of aromatic carboxylic acids is 1. The van der Waals surface area contributed by atoms with E-state index in [9.17, 15) is 4.79 Å². The topological polar surface area (TPSA) is 78.8 Å². The van der Waals surface area contributed by atoms with Crippen LogP contribution in [-0.2, 0) is 4.74 Å². The molecule has 0 fully saturated rings. The number of hydrogen-bond donors (Lipinski definition) is 3. The lowest BCUT2D eigenvalue weighted by Crippen LogP contribution is -2.08. The quantitative estimate of drug-likeness (QED) is 0.639. The van der Waals surface area contributed by atoms with Crippen LogP contribution in [0.15, 0.2) is 22.7 Å². The fourth-order valence-electron chi connectivity index (χ4n) is 1.37. The highest BCUT2D eigenvalue weighted by atomic mass is 79.9. The molecule has 1 rings (SSSR count). The number of anilines is 1. The zero-order valence-corrected chi connectivity index (χ0v) is 11.4. The van der Waals surface area contributed by atoms with E-state index >= 15 is 0 Å². The predicted molar refractivity (Wildman–Crippen MR) is 72.1 cm³/mol. The molecule has 0 bridgehead atoms. The third-order valence-corrected chi connectivity index (χ3v) is 2.89. The molecule has 6 heteroatoms. The maximum atomic E-state index is 10.8. The van der Waals surface area contributed by atoms with Crippen LogP contribution in [0.25, 0.3) is 0 Å². The summed E-state index contributed by atoms with van der Waals surface area (Å²) in [5, 5.41) is 20.5. The number of carboxylic acid groups (broad SMARTS) is 1. The highest BCUT2D eigenvalue weighted by Gasteiger charge is 2.07. The second-order valence-electron chi connectivity index (χ2n) is 3.62. The van der Waals surface area contributed by atoms with Gasteiger partial charge in [0.05, 0.1) is 18.8 Å². The molecule has 3 N–H and O–H groups in total. The Balaban J connectivity index is 2.35. The van der Waals surface area contributed by atoms with Crippen molar-refractivity contribution in [2.75, 3.05) is 31.7 Å². The maximum Gasteiger partial charge on any atom is 0.336 e. The van der Waals surface area contributed by atoms with E-state index in [2.05, 4.69) is 21.2 Å². The third kappa shape index (κ3) is 5.03. The van der Waals surface area contributed by atoms with Gasteiger partial charge in [0.25, 0.3) is 0 Å². The van der Waals surface area contributed by atoms with Crippen LogP contribution in [0.5, 0.6) is 0 Å². The summed E-state index contributed by atoms with van der Waals surface area (Å²) < 4.78 is 5.67. The fourth-order valence-corrected chi connectivity index (χ4v) is 1.92. The highest BCUT2D eigenvalue weighted by Crippen LogP contribution is 2.21. The smallest absolute Gasteiger partial charge is 0.336 e. The molecule has 0 heterocycles. The number of halogens is 1. The van der Waals surface area contributed by atoms with Crippen LogP contribution >= 0.6 is 15.9 Å². The van der Waals surface area contributed by atoms with Gasteiger partial charge in [0, 0.05) is 23.3 Å². The number of carboxylic acids is 1. The number of aliphatic hydroxyl groups is 1. The Morgan fingerprint density at radius 1 is 1.39 bits per heavy atom. The van der Waals surface area contributed by atoms with Crippen LogP contribution in [0, 0.1) is 0 Å². The number of benzene rings is 1. The minimum atomic E-state index is -0.953. The summed E-state index contributed by atoms with van der Waals surface area (Å²) in [5.41, 5.74) is 1.10. The molecule has 0 amide bonds. The molecule has 0 spiro atoms. The summed E-state index contributed by atoms with van der Waals surface area (Å²) in [6.45, 7) is 1.71. The van der Waals surface area contributed by atoms with Crippen molar-refractivity contribution in [3.63, 3.8) is 0 Å². The minimum absolute atomic E-state index is 0.0387. The second-order valence-corrected chi connectivity index (χ2v) is 4.47. The molecule has 0 radical (unpaired) electrons. The predicted octanol–water partition coefficient (Wildman–Crippen LogP) is 1.96. The Hall–Kier alpha value is -1.11. The molecule has 1 aromatic rings. The summed E-state index contributed by atoms with van der Waals surface area (Å²) in [4.78, 5) is 10.8. The lowest BCUT2D eigenvalue weighted by atomic mass is 10.2. The van der Waals surface area contributed by atoms with Crippen LogP contribution in [0.4, 0.5) is 5.69 Å². The summed E-state index contributed by atoms with van der Waals surface area (Å²) >= 11 is 3.22. The van der Waals surface area contributed by atoms with Gasteiger partial charge in [-0.25, -0.2) is 4.79 Å². The van der Waals surface area contributed by atoms with Gasteiger partial charge in [-0.1, -0.05) is 0 Å². The van der Waals surface area contributed by atoms with Crippen LogP contribution < -0.4 is 5.32 Å². The SMILES string of the molecule is O=C(O)c1ccc(NCCCOCCO)cc1Br. The van der Waals surface area contributed by atoms with Gasteiger partial charge in [0.2, 0.25) is 0 Å². The van der Waals surface area contributed by atoms with Gasteiger partial charge < -0.3 is 20.3 Å². The van der Waals surface area contributed by atoms with Crippen molar-refractivity contribution in [2.45, 2.75) is 6.42 Å². The van der Waals surface area contributed by atoms with Gasteiger partial charge in [-0.2, -0.15) is 0 Å². The van der Waals surface area contributed by atoms with Crippen molar-refractivity contribution >= 4 is 27.6 Å². The second kappa shape index (κ2) is 8.07. The summed E-state index contributed by atoms with van der Waals surface area (Å²) in [6.07, 6.45) is 0.818. The highest BCUT2D eigenvalue weighted by molar-refractivity contribution is 9.10. The summed E-state index contributed by atoms with van der Waals surface area (Å²) in [7, 11) is 0. The van der Waals surface area contributed by atoms with E-state index in [-0.39, 0.29) is 12.2 Å². The third-order valence-electron chi connectivity index (χ3n) is 2.23. The van der Waals surface area contributed by atoms with Crippen molar-refractivity contribution in [3.8, 4) is 0 Å². The Labute approximate surface area is 114 Å². The Morgan fingerprint density at radius 3 is 2.78 bits per heavy atom. The maximum absolute atomic E-state index is 10.8. The Morgan fingerprint density at radius 2 is 2.17 bits per heavy atom. The molecule has 1 aromatic carbocycles. The first-order valence-electron chi connectivity index (χ1n) is 5.60. The van der Waals surface area contributed by atoms with E-state index in [0.717, 1.165) is 18.7 Å². The number of rotatable bonds is 8. The van der Waals surface area contributed by atoms with E-state index in [0.29, 0.717) is 17.7 Å². The van der Waals surface area contributed by atoms with Crippen molar-refractivity contribution < 1.29 is 19.7 Å². The van der Waals surface area contributed by atoms with E-state index in [1.165, 1.54) is 0 Å². The molecule has 0 aliphatic heterocycles. The van der Waals surface area contributed by atoms with Gasteiger partial charge in [-0.3, -0.25) is 0 Å². The van der Waals surface area contributed by atoms with E-state index in [1.54, 1.807) is 18.2 Å². The Bertz CT molecular complexity index is 398. The molecule has 0 aliphatic rings. The number of hydrogen-bond acceptors (Lipinski definition) is 4. The molecular formula is C12H16BrNO4. The number of nitrogens with one attached hydrogen (secondary N) is 1. The normalized spacial score (nSPS) is 10.3. The molecule has 18 heavy (non-hydrogen) atoms. The Kier molecular flexibility index (Phi) is 6.70. The summed E-state index contributed by atoms with van der Waals surface area (Å²) in [6, 6.07) is 5.01. The standard InChI is InChI=1S/C12H16BrNO4/c13-11-8-9(2-3-10(11)12(16)17)14-4-1-6-18-7-5-15/h2-3,8,14-15H,1,4-7H2,(H,16,17). The van der Waals surface area contributed by atoms with Crippen LogP contribution in [0.2, 0.25) is 0 Å². The average molecular weight is 318 g/mol. The molecule has 0 aliphatic carbocycles. The first kappa shape index (κ1) is 14.9. The lowest BCUT2D eigenvalue weighted by Gasteiger charge is -2.08. The first-order valence-corrected chi connectivity index (χ1v) is 6.39. The zero-order chi connectivity index (χ0) is 13.4. The fraction of sp³-hybridized carbons (Fsp3) is 0.417. The zero-order valence-electron chi connectivity index (χ0n) is 9.86. The van der Waals surface area contributed by atoms with Crippen molar-refractivity contribution in [3.05, 3.63) is 28.2 Å². The van der Waals surface area contributed by atoms with Crippen LogP contribution in [-0.4, -0.2) is 42.5 Å². The lowest BCUT2D eigenvalue weighted by molar-refractivity contribution is 0.0696. The molecular weight excluding hydrogens is 302 g/mol. The largest absolute Gasteiger partial charge is 0.478 e. The van der Waals surface area contributed by atoms with Crippen LogP contribution in [0.3, 0.4) is 0 Å².